The number of carbonyl (C=O) groups is 1. The molecule has 34 heavy (non-hydrogen) atoms. The Morgan fingerprint density at radius 1 is 1.06 bits per heavy atom. The van der Waals surface area contributed by atoms with Crippen molar-refractivity contribution in [3.05, 3.63) is 89.6 Å². The summed E-state index contributed by atoms with van der Waals surface area (Å²) in [6.07, 6.45) is 0. The van der Waals surface area contributed by atoms with Gasteiger partial charge in [-0.25, -0.2) is 4.98 Å². The molecule has 0 saturated carbocycles. The van der Waals surface area contributed by atoms with Crippen molar-refractivity contribution in [3.8, 4) is 11.5 Å². The van der Waals surface area contributed by atoms with Crippen LogP contribution >= 0.6 is 0 Å². The summed E-state index contributed by atoms with van der Waals surface area (Å²) in [6.45, 7) is 4.43. The molecule has 1 atom stereocenters. The molecule has 3 aromatic carbocycles. The number of aromatic nitrogens is 2. The van der Waals surface area contributed by atoms with Gasteiger partial charge in [0, 0.05) is 16.9 Å². The molecular weight excluding hydrogens is 428 g/mol. The second kappa shape index (κ2) is 8.94. The van der Waals surface area contributed by atoms with Gasteiger partial charge in [-0.15, -0.1) is 0 Å². The lowest BCUT2D eigenvalue weighted by Gasteiger charge is -2.31. The molecule has 1 aromatic heterocycles. The van der Waals surface area contributed by atoms with Crippen LogP contribution in [0.2, 0.25) is 0 Å². The van der Waals surface area contributed by atoms with Crippen LogP contribution in [0.3, 0.4) is 0 Å². The minimum absolute atomic E-state index is 0.200. The average Bonchev–Trinajstić information content (AvgIpc) is 3.22. The molecule has 0 fully saturated rings. The monoisotopic (exact) mass is 454 g/mol. The molecule has 0 aliphatic carbocycles. The molecule has 4 aromatic rings. The Labute approximate surface area is 198 Å². The molecule has 2 heterocycles. The molecule has 1 amide bonds. The number of rotatable bonds is 6. The summed E-state index contributed by atoms with van der Waals surface area (Å²) < 4.78 is 13.3. The second-order valence-electron chi connectivity index (χ2n) is 8.01. The van der Waals surface area contributed by atoms with E-state index in [4.69, 9.17) is 14.5 Å². The zero-order valence-electron chi connectivity index (χ0n) is 19.3. The van der Waals surface area contributed by atoms with Crippen molar-refractivity contribution in [2.45, 2.75) is 19.9 Å². The average molecular weight is 455 g/mol. The smallest absolute Gasteiger partial charge is 0.255 e. The maximum atomic E-state index is 13.7. The largest absolute Gasteiger partial charge is 0.496 e. The number of hydrogen-bond acceptors (Lipinski definition) is 5. The number of amides is 1. The summed E-state index contributed by atoms with van der Waals surface area (Å²) in [5.74, 6) is 1.95. The van der Waals surface area contributed by atoms with Gasteiger partial charge in [-0.3, -0.25) is 9.36 Å². The summed E-state index contributed by atoms with van der Waals surface area (Å²) in [4.78, 5) is 18.5. The second-order valence-corrected chi connectivity index (χ2v) is 8.01. The van der Waals surface area contributed by atoms with Gasteiger partial charge >= 0.3 is 0 Å². The highest BCUT2D eigenvalue weighted by Gasteiger charge is 2.35. The van der Waals surface area contributed by atoms with Crippen LogP contribution in [0.4, 0.5) is 11.6 Å². The standard InChI is InChI=1S/C27H26N4O3/c1-4-34-19-15-13-18(14-16-19)29-26(32)24-17(2)28-27-30-21-10-6-7-11-22(21)31(27)25(24)20-9-5-8-12-23(20)33-3/h5-16,25H,4H2,1-3H3,(H,28,30)(H,29,32). The van der Waals surface area contributed by atoms with Crippen molar-refractivity contribution in [3.63, 3.8) is 0 Å². The number of benzene rings is 3. The van der Waals surface area contributed by atoms with Crippen LogP contribution in [0.5, 0.6) is 11.5 Å². The maximum absolute atomic E-state index is 13.7. The van der Waals surface area contributed by atoms with Crippen molar-refractivity contribution in [2.75, 3.05) is 24.4 Å². The molecule has 0 radical (unpaired) electrons. The fourth-order valence-electron chi connectivity index (χ4n) is 4.44. The number of para-hydroxylation sites is 3. The summed E-state index contributed by atoms with van der Waals surface area (Å²) in [6, 6.07) is 22.6. The van der Waals surface area contributed by atoms with Crippen LogP contribution < -0.4 is 20.1 Å². The van der Waals surface area contributed by atoms with Crippen molar-refractivity contribution in [1.82, 2.24) is 9.55 Å². The summed E-state index contributed by atoms with van der Waals surface area (Å²) in [5, 5.41) is 6.39. The normalized spacial score (nSPS) is 15.0. The third kappa shape index (κ3) is 3.75. The van der Waals surface area contributed by atoms with E-state index in [9.17, 15) is 4.79 Å². The van der Waals surface area contributed by atoms with Gasteiger partial charge in [-0.2, -0.15) is 0 Å². The highest BCUT2D eigenvalue weighted by atomic mass is 16.5. The van der Waals surface area contributed by atoms with Gasteiger partial charge in [0.15, 0.2) is 0 Å². The SMILES string of the molecule is CCOc1ccc(NC(=O)C2=C(C)Nc3nc4ccccc4n3C2c2ccccc2OC)cc1. The van der Waals surface area contributed by atoms with E-state index in [2.05, 4.69) is 15.2 Å². The molecule has 0 bridgehead atoms. The van der Waals surface area contributed by atoms with Gasteiger partial charge in [0.05, 0.1) is 36.4 Å². The Bertz CT molecular complexity index is 1390. The molecule has 1 aliphatic rings. The fraction of sp³-hybridized carbons (Fsp3) is 0.185. The number of anilines is 2. The number of imidazole rings is 1. The van der Waals surface area contributed by atoms with Gasteiger partial charge in [0.25, 0.3) is 5.91 Å². The molecule has 0 spiro atoms. The van der Waals surface area contributed by atoms with Gasteiger partial charge in [0.2, 0.25) is 5.95 Å². The molecule has 1 unspecified atom stereocenters. The van der Waals surface area contributed by atoms with E-state index in [-0.39, 0.29) is 5.91 Å². The van der Waals surface area contributed by atoms with Crippen molar-refractivity contribution < 1.29 is 14.3 Å². The van der Waals surface area contributed by atoms with Gasteiger partial charge < -0.3 is 20.1 Å². The molecule has 5 rings (SSSR count). The zero-order valence-corrected chi connectivity index (χ0v) is 19.3. The number of hydrogen-bond donors (Lipinski definition) is 2. The van der Waals surface area contributed by atoms with E-state index in [1.807, 2.05) is 86.6 Å². The van der Waals surface area contributed by atoms with E-state index < -0.39 is 6.04 Å². The lowest BCUT2D eigenvalue weighted by molar-refractivity contribution is -0.113. The van der Waals surface area contributed by atoms with Crippen LogP contribution in [-0.2, 0) is 4.79 Å². The molecular formula is C27H26N4O3. The lowest BCUT2D eigenvalue weighted by Crippen LogP contribution is -2.31. The molecule has 7 heteroatoms. The van der Waals surface area contributed by atoms with Crippen LogP contribution in [0.25, 0.3) is 11.0 Å². The summed E-state index contributed by atoms with van der Waals surface area (Å²) in [5.41, 5.74) is 4.68. The number of nitrogens with zero attached hydrogens (tertiary/aromatic N) is 2. The maximum Gasteiger partial charge on any atom is 0.255 e. The van der Waals surface area contributed by atoms with Gasteiger partial charge in [0.1, 0.15) is 11.5 Å². The Hall–Kier alpha value is -4.26. The quantitative estimate of drug-likeness (QED) is 0.410. The van der Waals surface area contributed by atoms with Crippen LogP contribution in [-0.4, -0.2) is 29.2 Å². The third-order valence-corrected chi connectivity index (χ3v) is 5.93. The van der Waals surface area contributed by atoms with Crippen molar-refractivity contribution in [2.24, 2.45) is 0 Å². The van der Waals surface area contributed by atoms with E-state index in [0.717, 1.165) is 28.0 Å². The number of carbonyl (C=O) groups excluding carboxylic acids is 1. The lowest BCUT2D eigenvalue weighted by atomic mass is 9.93. The molecule has 0 saturated heterocycles. The molecule has 1 aliphatic heterocycles. The topological polar surface area (TPSA) is 77.4 Å². The van der Waals surface area contributed by atoms with Gasteiger partial charge in [-0.1, -0.05) is 30.3 Å². The number of fused-ring (bicyclic) bond motifs is 3. The van der Waals surface area contributed by atoms with Crippen LogP contribution in [0.15, 0.2) is 84.1 Å². The van der Waals surface area contributed by atoms with Crippen molar-refractivity contribution >= 4 is 28.6 Å². The zero-order chi connectivity index (χ0) is 23.7. The predicted octanol–water partition coefficient (Wildman–Crippen LogP) is 5.37. The van der Waals surface area contributed by atoms with E-state index in [1.54, 1.807) is 7.11 Å². The number of allylic oxidation sites excluding steroid dienone is 1. The minimum atomic E-state index is -0.428. The first-order valence-electron chi connectivity index (χ1n) is 11.2. The third-order valence-electron chi connectivity index (χ3n) is 5.93. The first kappa shape index (κ1) is 21.6. The van der Waals surface area contributed by atoms with E-state index in [0.29, 0.717) is 29.6 Å². The Morgan fingerprint density at radius 2 is 1.79 bits per heavy atom. The Kier molecular flexibility index (Phi) is 5.67. The first-order chi connectivity index (χ1) is 16.6. The summed E-state index contributed by atoms with van der Waals surface area (Å²) in [7, 11) is 1.64. The molecule has 7 nitrogen and oxygen atoms in total. The molecule has 172 valence electrons. The number of ether oxygens (including phenoxy) is 2. The van der Waals surface area contributed by atoms with E-state index >= 15 is 0 Å². The number of nitrogens with one attached hydrogen (secondary N) is 2. The van der Waals surface area contributed by atoms with Crippen LogP contribution in [0.1, 0.15) is 25.5 Å². The number of methoxy groups -OCH3 is 1. The highest BCUT2D eigenvalue weighted by Crippen LogP contribution is 2.42. The first-order valence-corrected chi connectivity index (χ1v) is 11.2. The molecule has 2 N–H and O–H groups in total. The van der Waals surface area contributed by atoms with Crippen molar-refractivity contribution in [1.29, 1.82) is 0 Å². The Morgan fingerprint density at radius 3 is 2.56 bits per heavy atom. The van der Waals surface area contributed by atoms with E-state index in [1.165, 1.54) is 0 Å². The highest BCUT2D eigenvalue weighted by molar-refractivity contribution is 6.06. The fourth-order valence-corrected chi connectivity index (χ4v) is 4.44. The minimum Gasteiger partial charge on any atom is -0.496 e. The summed E-state index contributed by atoms with van der Waals surface area (Å²) >= 11 is 0. The van der Waals surface area contributed by atoms with Crippen LogP contribution in [0, 0.1) is 0 Å². The predicted molar refractivity (Wildman–Crippen MR) is 133 cm³/mol. The van der Waals surface area contributed by atoms with Gasteiger partial charge in [-0.05, 0) is 56.3 Å². The Balaban J connectivity index is 1.61.